The van der Waals surface area contributed by atoms with Gasteiger partial charge in [0.25, 0.3) is 5.91 Å². The average Bonchev–Trinajstić information content (AvgIpc) is 3.11. The van der Waals surface area contributed by atoms with Crippen LogP contribution in [0, 0.1) is 0 Å². The highest BCUT2D eigenvalue weighted by Gasteiger charge is 2.24. The zero-order valence-electron chi connectivity index (χ0n) is 11.4. The number of nitrogens with one attached hydrogen (secondary N) is 1. The number of carbonyl (C=O) groups is 1. The molecule has 6 heteroatoms. The number of aromatic nitrogens is 2. The fraction of sp³-hybridized carbons (Fsp3) is 0.500. The summed E-state index contributed by atoms with van der Waals surface area (Å²) in [5.74, 6) is 0.195. The maximum atomic E-state index is 12.2. The van der Waals surface area contributed by atoms with Crippen molar-refractivity contribution in [2.24, 2.45) is 0 Å². The molecule has 0 atom stereocenters. The van der Waals surface area contributed by atoms with Gasteiger partial charge in [-0.1, -0.05) is 12.1 Å². The van der Waals surface area contributed by atoms with E-state index >= 15 is 0 Å². The van der Waals surface area contributed by atoms with Crippen molar-refractivity contribution < 1.29 is 9.32 Å². The van der Waals surface area contributed by atoms with Crippen LogP contribution in [0.5, 0.6) is 0 Å². The third kappa shape index (κ3) is 2.60. The summed E-state index contributed by atoms with van der Waals surface area (Å²) in [6, 6.07) is 0. The Morgan fingerprint density at radius 3 is 3.10 bits per heavy atom. The Kier molecular flexibility index (Phi) is 3.82. The van der Waals surface area contributed by atoms with Crippen LogP contribution in [0.25, 0.3) is 0 Å². The average molecular weight is 291 g/mol. The van der Waals surface area contributed by atoms with E-state index in [-0.39, 0.29) is 5.91 Å². The van der Waals surface area contributed by atoms with Crippen molar-refractivity contribution in [3.63, 3.8) is 0 Å². The molecule has 0 spiro atoms. The Morgan fingerprint density at radius 1 is 1.45 bits per heavy atom. The first-order valence-corrected chi connectivity index (χ1v) is 7.84. The van der Waals surface area contributed by atoms with Gasteiger partial charge < -0.3 is 9.84 Å². The molecule has 0 aromatic carbocycles. The molecule has 20 heavy (non-hydrogen) atoms. The summed E-state index contributed by atoms with van der Waals surface area (Å²) in [6.07, 6.45) is 4.94. The monoisotopic (exact) mass is 291 g/mol. The minimum absolute atomic E-state index is 0.186. The lowest BCUT2D eigenvalue weighted by Gasteiger charge is -2.08. The predicted octanol–water partition coefficient (Wildman–Crippen LogP) is 2.50. The van der Waals surface area contributed by atoms with Gasteiger partial charge in [-0.05, 0) is 32.1 Å². The van der Waals surface area contributed by atoms with Crippen LogP contribution in [0.1, 0.15) is 52.3 Å². The summed E-state index contributed by atoms with van der Waals surface area (Å²) in [5, 5.41) is 9.81. The number of thiazole rings is 1. The van der Waals surface area contributed by atoms with Gasteiger partial charge in [0.05, 0.1) is 17.9 Å². The molecule has 0 saturated carbocycles. The minimum Gasteiger partial charge on any atom is -0.350 e. The van der Waals surface area contributed by atoms with E-state index in [4.69, 9.17) is 4.52 Å². The van der Waals surface area contributed by atoms with Gasteiger partial charge in [0.15, 0.2) is 0 Å². The summed E-state index contributed by atoms with van der Waals surface area (Å²) in [5.41, 5.74) is 3.00. The lowest BCUT2D eigenvalue weighted by Crippen LogP contribution is -2.23. The smallest absolute Gasteiger partial charge is 0.290 e. The zero-order chi connectivity index (χ0) is 13.9. The van der Waals surface area contributed by atoms with Gasteiger partial charge in [0.1, 0.15) is 5.01 Å². The molecular weight excluding hydrogens is 274 g/mol. The SMILES string of the molecule is CCc1csc(CNC(=O)c2onc3c2CCCC3)n1. The number of fused-ring (bicyclic) bond motifs is 1. The van der Waals surface area contributed by atoms with Gasteiger partial charge >= 0.3 is 0 Å². The van der Waals surface area contributed by atoms with E-state index in [0.717, 1.165) is 54.1 Å². The third-order valence-electron chi connectivity index (χ3n) is 3.53. The second kappa shape index (κ2) is 5.75. The minimum atomic E-state index is -0.186. The predicted molar refractivity (Wildman–Crippen MR) is 75.8 cm³/mol. The van der Waals surface area contributed by atoms with E-state index in [1.54, 1.807) is 11.3 Å². The Balaban J connectivity index is 1.66. The van der Waals surface area contributed by atoms with Crippen LogP contribution in [-0.4, -0.2) is 16.0 Å². The highest BCUT2D eigenvalue weighted by Crippen LogP contribution is 2.23. The maximum absolute atomic E-state index is 12.2. The van der Waals surface area contributed by atoms with Crippen LogP contribution in [-0.2, 0) is 25.8 Å². The van der Waals surface area contributed by atoms with Crippen LogP contribution >= 0.6 is 11.3 Å². The van der Waals surface area contributed by atoms with Gasteiger partial charge in [-0.2, -0.15) is 0 Å². The molecule has 1 aliphatic rings. The molecule has 0 radical (unpaired) electrons. The molecule has 5 nitrogen and oxygen atoms in total. The lowest BCUT2D eigenvalue weighted by molar-refractivity contribution is 0.0912. The van der Waals surface area contributed by atoms with E-state index in [1.807, 2.05) is 5.38 Å². The highest BCUT2D eigenvalue weighted by atomic mass is 32.1. The number of rotatable bonds is 4. The fourth-order valence-corrected chi connectivity index (χ4v) is 3.21. The quantitative estimate of drug-likeness (QED) is 0.939. The molecule has 1 N–H and O–H groups in total. The molecule has 2 heterocycles. The topological polar surface area (TPSA) is 68.0 Å². The van der Waals surface area contributed by atoms with Crippen molar-refractivity contribution in [2.45, 2.75) is 45.6 Å². The molecule has 0 fully saturated rings. The molecule has 0 unspecified atom stereocenters. The summed E-state index contributed by atoms with van der Waals surface area (Å²) in [6.45, 7) is 2.51. The first-order valence-electron chi connectivity index (χ1n) is 6.97. The van der Waals surface area contributed by atoms with Gasteiger partial charge in [0.2, 0.25) is 5.76 Å². The molecule has 3 rings (SSSR count). The molecule has 1 amide bonds. The molecule has 0 aliphatic heterocycles. The molecule has 1 aliphatic carbocycles. The largest absolute Gasteiger partial charge is 0.350 e. The Labute approximate surface area is 121 Å². The van der Waals surface area contributed by atoms with E-state index in [0.29, 0.717) is 12.3 Å². The molecule has 2 aromatic rings. The van der Waals surface area contributed by atoms with Crippen molar-refractivity contribution in [3.05, 3.63) is 33.1 Å². The summed E-state index contributed by atoms with van der Waals surface area (Å²) in [4.78, 5) is 16.6. The van der Waals surface area contributed by atoms with E-state index in [2.05, 4.69) is 22.4 Å². The van der Waals surface area contributed by atoms with Gasteiger partial charge in [-0.3, -0.25) is 4.79 Å². The highest BCUT2D eigenvalue weighted by molar-refractivity contribution is 7.09. The number of hydrogen-bond acceptors (Lipinski definition) is 5. The van der Waals surface area contributed by atoms with Gasteiger partial charge in [0, 0.05) is 10.9 Å². The van der Waals surface area contributed by atoms with Crippen molar-refractivity contribution in [1.29, 1.82) is 0 Å². The Bertz CT molecular complexity index is 618. The fourth-order valence-electron chi connectivity index (χ4n) is 2.40. The van der Waals surface area contributed by atoms with Crippen LogP contribution in [0.3, 0.4) is 0 Å². The Morgan fingerprint density at radius 2 is 2.30 bits per heavy atom. The number of hydrogen-bond donors (Lipinski definition) is 1. The summed E-state index contributed by atoms with van der Waals surface area (Å²) < 4.78 is 5.22. The molecule has 106 valence electrons. The van der Waals surface area contributed by atoms with E-state index in [1.165, 1.54) is 0 Å². The first kappa shape index (κ1) is 13.3. The molecule has 0 bridgehead atoms. The normalized spacial score (nSPS) is 14.1. The van der Waals surface area contributed by atoms with Crippen LogP contribution in [0.15, 0.2) is 9.90 Å². The number of nitrogens with zero attached hydrogens (tertiary/aromatic N) is 2. The molecule has 2 aromatic heterocycles. The number of carbonyl (C=O) groups excluding carboxylic acids is 1. The van der Waals surface area contributed by atoms with Crippen molar-refractivity contribution in [1.82, 2.24) is 15.5 Å². The zero-order valence-corrected chi connectivity index (χ0v) is 12.3. The molecule has 0 saturated heterocycles. The van der Waals surface area contributed by atoms with Gasteiger partial charge in [-0.15, -0.1) is 11.3 Å². The van der Waals surface area contributed by atoms with Gasteiger partial charge in [-0.25, -0.2) is 4.98 Å². The van der Waals surface area contributed by atoms with Crippen LogP contribution in [0.4, 0.5) is 0 Å². The lowest BCUT2D eigenvalue weighted by atomic mass is 9.96. The van der Waals surface area contributed by atoms with Crippen molar-refractivity contribution in [3.8, 4) is 0 Å². The Hall–Kier alpha value is -1.69. The van der Waals surface area contributed by atoms with Crippen molar-refractivity contribution in [2.75, 3.05) is 0 Å². The third-order valence-corrected chi connectivity index (χ3v) is 4.43. The number of aryl methyl sites for hydroxylation is 2. The summed E-state index contributed by atoms with van der Waals surface area (Å²) >= 11 is 1.57. The van der Waals surface area contributed by atoms with E-state index in [9.17, 15) is 4.79 Å². The maximum Gasteiger partial charge on any atom is 0.290 e. The second-order valence-corrected chi connectivity index (χ2v) is 5.86. The van der Waals surface area contributed by atoms with Crippen molar-refractivity contribution >= 4 is 17.2 Å². The van der Waals surface area contributed by atoms with Crippen LogP contribution in [0.2, 0.25) is 0 Å². The standard InChI is InChI=1S/C14H17N3O2S/c1-2-9-8-20-12(16-9)7-15-14(18)13-10-5-3-4-6-11(10)17-19-13/h8H,2-7H2,1H3,(H,15,18). The summed E-state index contributed by atoms with van der Waals surface area (Å²) in [7, 11) is 0. The van der Waals surface area contributed by atoms with Crippen LogP contribution < -0.4 is 5.32 Å². The van der Waals surface area contributed by atoms with E-state index < -0.39 is 0 Å². The number of amides is 1. The first-order chi connectivity index (χ1) is 9.78. The second-order valence-electron chi connectivity index (χ2n) is 4.91. The molecular formula is C14H17N3O2S.